The molecule has 4 N–H and O–H groups in total. The van der Waals surface area contributed by atoms with Gasteiger partial charge in [0.1, 0.15) is 0 Å². The monoisotopic (exact) mass is 625 g/mol. The Morgan fingerprint density at radius 3 is 2.53 bits per heavy atom. The third kappa shape index (κ3) is 6.54. The molecule has 234 valence electrons. The van der Waals surface area contributed by atoms with E-state index in [1.54, 1.807) is 41.9 Å². The first kappa shape index (κ1) is 32.0. The van der Waals surface area contributed by atoms with Crippen molar-refractivity contribution in [1.82, 2.24) is 19.7 Å². The molecule has 1 atom stereocenters. The summed E-state index contributed by atoms with van der Waals surface area (Å²) in [7, 11) is 3.51. The molecule has 9 heteroatoms. The quantitative estimate of drug-likeness (QED) is 0.190. The number of pyridine rings is 1. The number of nitrogens with two attached hydrogens (primary N) is 1. The van der Waals surface area contributed by atoms with Gasteiger partial charge in [0, 0.05) is 62.8 Å². The maximum Gasteiger partial charge on any atom is 0.251 e. The minimum Gasteiger partial charge on any atom is -0.403 e. The Kier molecular flexibility index (Phi) is 9.77. The zero-order valence-corrected chi connectivity index (χ0v) is 26.6. The van der Waals surface area contributed by atoms with E-state index in [1.807, 2.05) is 65.6 Å². The fourth-order valence-corrected chi connectivity index (χ4v) is 6.26. The van der Waals surface area contributed by atoms with E-state index in [9.17, 15) is 14.7 Å². The fraction of sp³-hybridized carbons (Fsp3) is 0.278. The van der Waals surface area contributed by atoms with Crippen LogP contribution in [0, 0.1) is 0 Å². The summed E-state index contributed by atoms with van der Waals surface area (Å²) in [5.74, 6) is 0.252. The van der Waals surface area contributed by atoms with Gasteiger partial charge >= 0.3 is 0 Å². The molecule has 0 saturated carbocycles. The van der Waals surface area contributed by atoms with Crippen molar-refractivity contribution in [2.75, 3.05) is 26.7 Å². The summed E-state index contributed by atoms with van der Waals surface area (Å²) in [6.45, 7) is 6.99. The number of halogens is 1. The maximum atomic E-state index is 12.9. The van der Waals surface area contributed by atoms with Crippen LogP contribution in [0.5, 0.6) is 0 Å². The van der Waals surface area contributed by atoms with Crippen LogP contribution in [0.1, 0.15) is 36.0 Å². The molecule has 0 spiro atoms. The van der Waals surface area contributed by atoms with Gasteiger partial charge in [-0.1, -0.05) is 60.6 Å². The van der Waals surface area contributed by atoms with Crippen LogP contribution in [0.15, 0.2) is 102 Å². The van der Waals surface area contributed by atoms with Gasteiger partial charge in [0.25, 0.3) is 5.56 Å². The van der Waals surface area contributed by atoms with Gasteiger partial charge in [-0.05, 0) is 77.7 Å². The number of hydrogen-bond acceptors (Lipinski definition) is 6. The smallest absolute Gasteiger partial charge is 0.251 e. The van der Waals surface area contributed by atoms with Gasteiger partial charge in [0.05, 0.1) is 11.2 Å². The molecule has 1 saturated heterocycles. The predicted molar refractivity (Wildman–Crippen MR) is 181 cm³/mol. The first-order valence-electron chi connectivity index (χ1n) is 15.2. The molecule has 1 aliphatic rings. The largest absolute Gasteiger partial charge is 0.403 e. The van der Waals surface area contributed by atoms with Crippen LogP contribution >= 0.6 is 11.6 Å². The Morgan fingerprint density at radius 1 is 1.11 bits per heavy atom. The topological polar surface area (TPSA) is 104 Å². The minimum absolute atomic E-state index is 0.150. The van der Waals surface area contributed by atoms with Crippen molar-refractivity contribution >= 4 is 28.4 Å². The molecule has 8 nitrogen and oxygen atoms in total. The number of aliphatic hydroxyl groups is 1. The summed E-state index contributed by atoms with van der Waals surface area (Å²) in [6.07, 6.45) is 5.51. The molecule has 4 aromatic rings. The number of likely N-dealkylation sites (tertiary alicyclic amines) is 1. The first-order chi connectivity index (χ1) is 21.7. The Bertz CT molecular complexity index is 1800. The molecule has 1 fully saturated rings. The number of nitrogens with one attached hydrogen (secondary N) is 1. The predicted octanol–water partition coefficient (Wildman–Crippen LogP) is 5.07. The van der Waals surface area contributed by atoms with Crippen molar-refractivity contribution in [3.8, 4) is 11.1 Å². The molecule has 45 heavy (non-hydrogen) atoms. The molecule has 1 aliphatic heterocycles. The van der Waals surface area contributed by atoms with E-state index in [4.69, 9.17) is 17.3 Å². The highest BCUT2D eigenvalue weighted by Gasteiger charge is 2.38. The molecule has 1 amide bonds. The molecule has 2 heterocycles. The molecule has 0 bridgehead atoms. The van der Waals surface area contributed by atoms with Gasteiger partial charge in [-0.2, -0.15) is 0 Å². The van der Waals surface area contributed by atoms with E-state index in [-0.39, 0.29) is 11.5 Å². The second kappa shape index (κ2) is 13.7. The molecule has 0 aliphatic carbocycles. The Labute approximate surface area is 269 Å². The standard InChI is InChI=1S/C36H40ClN5O3/c1-4-40(2)33(23-38)36(45,27-13-11-25(12-14-27)24-39-17-7-19-42-18-6-10-34(42)43)28-15-16-32-31(21-28)30(22-35(44)41(32)3)26-8-5-9-29(37)20-26/h4-5,8-9,11-16,20-23,39,45H,1,6-7,10,17-19,24,38H2,2-3H3/b33-23-. The van der Waals surface area contributed by atoms with Crippen LogP contribution in [0.3, 0.4) is 0 Å². The number of benzene rings is 3. The highest BCUT2D eigenvalue weighted by molar-refractivity contribution is 6.30. The van der Waals surface area contributed by atoms with Crippen LogP contribution in [-0.4, -0.2) is 52.1 Å². The summed E-state index contributed by atoms with van der Waals surface area (Å²) in [6, 6.07) is 22.3. The number of amides is 1. The summed E-state index contributed by atoms with van der Waals surface area (Å²) in [5.41, 5.74) is 9.28. The van der Waals surface area contributed by atoms with E-state index >= 15 is 0 Å². The summed E-state index contributed by atoms with van der Waals surface area (Å²) in [5, 5.41) is 17.5. The summed E-state index contributed by atoms with van der Waals surface area (Å²) >= 11 is 6.33. The van der Waals surface area contributed by atoms with Crippen LogP contribution in [0.4, 0.5) is 0 Å². The lowest BCUT2D eigenvalue weighted by Crippen LogP contribution is -2.37. The Balaban J connectivity index is 1.50. The number of hydrogen-bond donors (Lipinski definition) is 3. The maximum absolute atomic E-state index is 12.9. The number of rotatable bonds is 12. The lowest BCUT2D eigenvalue weighted by atomic mass is 9.81. The van der Waals surface area contributed by atoms with Gasteiger partial charge in [-0.3, -0.25) is 9.59 Å². The highest BCUT2D eigenvalue weighted by Crippen LogP contribution is 2.40. The molecule has 1 unspecified atom stereocenters. The average molecular weight is 626 g/mol. The SMILES string of the molecule is C=CN(C)/C(=C\N)C(O)(c1ccc(CNCCCN2CCCC2=O)cc1)c1ccc2c(c1)c(-c1cccc(Cl)c1)cc(=O)n2C. The van der Waals surface area contributed by atoms with Gasteiger partial charge < -0.3 is 30.5 Å². The number of carbonyl (C=O) groups is 1. The normalized spacial score (nSPS) is 15.0. The summed E-state index contributed by atoms with van der Waals surface area (Å²) in [4.78, 5) is 28.4. The number of aromatic nitrogens is 1. The third-order valence-corrected chi connectivity index (χ3v) is 8.87. The van der Waals surface area contributed by atoms with Crippen LogP contribution < -0.4 is 16.6 Å². The third-order valence-electron chi connectivity index (χ3n) is 8.64. The Hall–Kier alpha value is -4.37. The van der Waals surface area contributed by atoms with Crippen molar-refractivity contribution in [2.45, 2.75) is 31.4 Å². The molecule has 1 aromatic heterocycles. The summed E-state index contributed by atoms with van der Waals surface area (Å²) < 4.78 is 1.59. The van der Waals surface area contributed by atoms with Crippen LogP contribution in [0.25, 0.3) is 22.0 Å². The highest BCUT2D eigenvalue weighted by atomic mass is 35.5. The second-order valence-corrected chi connectivity index (χ2v) is 11.9. The van der Waals surface area contributed by atoms with Gasteiger partial charge in [0.2, 0.25) is 5.91 Å². The molecular weight excluding hydrogens is 586 g/mol. The number of nitrogens with zero attached hydrogens (tertiary/aromatic N) is 3. The van der Waals surface area contributed by atoms with Crippen molar-refractivity contribution in [1.29, 1.82) is 0 Å². The van der Waals surface area contributed by atoms with E-state index < -0.39 is 5.60 Å². The zero-order chi connectivity index (χ0) is 32.1. The molecule has 3 aromatic carbocycles. The number of aryl methyl sites for hydroxylation is 1. The van der Waals surface area contributed by atoms with E-state index in [2.05, 4.69) is 11.9 Å². The van der Waals surface area contributed by atoms with Crippen molar-refractivity contribution in [2.24, 2.45) is 12.8 Å². The average Bonchev–Trinajstić information content (AvgIpc) is 3.46. The molecule has 5 rings (SSSR count). The molecule has 0 radical (unpaired) electrons. The lowest BCUT2D eigenvalue weighted by molar-refractivity contribution is -0.127. The number of carbonyl (C=O) groups excluding carboxylic acids is 1. The number of fused-ring (bicyclic) bond motifs is 1. The van der Waals surface area contributed by atoms with Crippen LogP contribution in [0.2, 0.25) is 5.02 Å². The van der Waals surface area contributed by atoms with Crippen LogP contribution in [-0.2, 0) is 24.0 Å². The van der Waals surface area contributed by atoms with Crippen molar-refractivity contribution in [3.05, 3.63) is 130 Å². The number of likely N-dealkylation sites (N-methyl/N-ethyl adjacent to an activating group) is 1. The Morgan fingerprint density at radius 2 is 1.87 bits per heavy atom. The van der Waals surface area contributed by atoms with Crippen molar-refractivity contribution in [3.63, 3.8) is 0 Å². The first-order valence-corrected chi connectivity index (χ1v) is 15.5. The van der Waals surface area contributed by atoms with E-state index in [0.29, 0.717) is 40.4 Å². The van der Waals surface area contributed by atoms with Gasteiger partial charge in [0.15, 0.2) is 5.60 Å². The van der Waals surface area contributed by atoms with Gasteiger partial charge in [-0.25, -0.2) is 0 Å². The lowest BCUT2D eigenvalue weighted by Gasteiger charge is -2.36. The fourth-order valence-electron chi connectivity index (χ4n) is 6.07. The molecular formula is C36H40ClN5O3. The second-order valence-electron chi connectivity index (χ2n) is 11.5. The minimum atomic E-state index is -1.65. The van der Waals surface area contributed by atoms with Gasteiger partial charge in [-0.15, -0.1) is 0 Å². The van der Waals surface area contributed by atoms with E-state index in [1.165, 1.54) is 6.20 Å². The van der Waals surface area contributed by atoms with E-state index in [0.717, 1.165) is 54.5 Å². The van der Waals surface area contributed by atoms with Crippen molar-refractivity contribution < 1.29 is 9.90 Å². The zero-order valence-electron chi connectivity index (χ0n) is 25.8.